The number of hydrogen-bond donors (Lipinski definition) is 1. The van der Waals surface area contributed by atoms with Gasteiger partial charge in [0, 0.05) is 4.90 Å². The van der Waals surface area contributed by atoms with Crippen LogP contribution in [0.5, 0.6) is 0 Å². The first kappa shape index (κ1) is 8.56. The quantitative estimate of drug-likeness (QED) is 0.689. The van der Waals surface area contributed by atoms with E-state index in [-0.39, 0.29) is 5.82 Å². The molecule has 1 nitrogen and oxygen atoms in total. The normalized spacial score (nSPS) is 10.1. The molecule has 0 saturated carbocycles. The molecule has 0 aliphatic carbocycles. The van der Waals surface area contributed by atoms with Crippen LogP contribution in [0.2, 0.25) is 0 Å². The molecule has 0 unspecified atom stereocenters. The van der Waals surface area contributed by atoms with E-state index in [0.29, 0.717) is 10.5 Å². The van der Waals surface area contributed by atoms with E-state index in [1.165, 1.54) is 17.8 Å². The number of benzene rings is 1. The molecule has 0 aliphatic rings. The summed E-state index contributed by atoms with van der Waals surface area (Å²) in [5, 5.41) is 8.53. The molecule has 1 aromatic carbocycles. The van der Waals surface area contributed by atoms with Crippen molar-refractivity contribution in [3.63, 3.8) is 0 Å². The number of halogens is 1. The Kier molecular flexibility index (Phi) is 2.91. The summed E-state index contributed by atoms with van der Waals surface area (Å²) in [7, 11) is 0. The third-order valence-electron chi connectivity index (χ3n) is 1.32. The molecule has 0 saturated heterocycles. The fourth-order valence-electron chi connectivity index (χ4n) is 0.763. The number of hydrogen-bond acceptors (Lipinski definition) is 2. The molecule has 1 rings (SSSR count). The fourth-order valence-corrected chi connectivity index (χ4v) is 1.22. The van der Waals surface area contributed by atoms with E-state index in [4.69, 9.17) is 5.11 Å². The molecule has 0 bridgehead atoms. The van der Waals surface area contributed by atoms with Crippen LogP contribution in [0.15, 0.2) is 23.1 Å². The topological polar surface area (TPSA) is 20.2 Å². The second-order valence-corrected chi connectivity index (χ2v) is 2.87. The minimum atomic E-state index is -0.291. The van der Waals surface area contributed by atoms with Gasteiger partial charge in [0.05, 0.1) is 0 Å². The lowest BCUT2D eigenvalue weighted by Gasteiger charge is -1.99. The number of aliphatic hydroxyl groups is 1. The Morgan fingerprint density at radius 1 is 1.55 bits per heavy atom. The number of rotatable bonds is 2. The van der Waals surface area contributed by atoms with Crippen molar-refractivity contribution >= 4 is 11.8 Å². The van der Waals surface area contributed by atoms with Crippen LogP contribution in [0.4, 0.5) is 4.39 Å². The lowest BCUT2D eigenvalue weighted by Crippen LogP contribution is -1.84. The van der Waals surface area contributed by atoms with Gasteiger partial charge in [-0.05, 0) is 24.0 Å². The van der Waals surface area contributed by atoms with Gasteiger partial charge in [0.15, 0.2) is 0 Å². The standard InChI is InChI=1S/C8H8FOS/c1-11-8-3-2-6(5-10)4-7(8)9/h2-5,10H,1H3. The van der Waals surface area contributed by atoms with Crippen molar-refractivity contribution in [3.05, 3.63) is 36.2 Å². The molecule has 1 radical (unpaired) electrons. The van der Waals surface area contributed by atoms with Crippen molar-refractivity contribution in [2.45, 2.75) is 4.90 Å². The van der Waals surface area contributed by atoms with Crippen LogP contribution in [0, 0.1) is 12.4 Å². The van der Waals surface area contributed by atoms with Gasteiger partial charge in [0.25, 0.3) is 0 Å². The summed E-state index contributed by atoms with van der Waals surface area (Å²) in [5.41, 5.74) is 0.486. The predicted octanol–water partition coefficient (Wildman–Crippen LogP) is 2.43. The van der Waals surface area contributed by atoms with Gasteiger partial charge in [-0.15, -0.1) is 11.8 Å². The van der Waals surface area contributed by atoms with Crippen LogP contribution >= 0.6 is 11.8 Å². The zero-order valence-electron chi connectivity index (χ0n) is 6.04. The first-order chi connectivity index (χ1) is 5.27. The van der Waals surface area contributed by atoms with Crippen molar-refractivity contribution in [3.8, 4) is 0 Å². The van der Waals surface area contributed by atoms with Gasteiger partial charge in [-0.2, -0.15) is 0 Å². The summed E-state index contributed by atoms with van der Waals surface area (Å²) in [4.78, 5) is 0.593. The van der Waals surface area contributed by atoms with Crippen LogP contribution in [0.3, 0.4) is 0 Å². The molecule has 0 atom stereocenters. The van der Waals surface area contributed by atoms with Gasteiger partial charge in [-0.1, -0.05) is 6.07 Å². The first-order valence-corrected chi connectivity index (χ1v) is 4.31. The molecule has 11 heavy (non-hydrogen) atoms. The SMILES string of the molecule is CSc1ccc([CH]O)cc1F. The second-order valence-electron chi connectivity index (χ2n) is 2.02. The van der Waals surface area contributed by atoms with Crippen LogP contribution in [0.25, 0.3) is 0 Å². The Hall–Kier alpha value is -0.540. The summed E-state index contributed by atoms with van der Waals surface area (Å²) in [6.45, 7) is 0.882. The van der Waals surface area contributed by atoms with Crippen molar-refractivity contribution < 1.29 is 9.50 Å². The van der Waals surface area contributed by atoms with Crippen LogP contribution in [-0.2, 0) is 0 Å². The lowest BCUT2D eigenvalue weighted by molar-refractivity contribution is 0.413. The molecule has 0 spiro atoms. The average molecular weight is 171 g/mol. The number of thioether (sulfide) groups is 1. The summed E-state index contributed by atoms with van der Waals surface area (Å²) < 4.78 is 12.9. The smallest absolute Gasteiger partial charge is 0.137 e. The predicted molar refractivity (Wildman–Crippen MR) is 43.5 cm³/mol. The van der Waals surface area contributed by atoms with E-state index in [0.717, 1.165) is 6.61 Å². The van der Waals surface area contributed by atoms with Crippen LogP contribution in [-0.4, -0.2) is 11.4 Å². The van der Waals surface area contributed by atoms with Crippen molar-refractivity contribution in [2.75, 3.05) is 6.26 Å². The zero-order valence-corrected chi connectivity index (χ0v) is 6.86. The van der Waals surface area contributed by atoms with Gasteiger partial charge in [0.1, 0.15) is 12.4 Å². The Labute approximate surface area is 69.2 Å². The maximum atomic E-state index is 12.9. The van der Waals surface area contributed by atoms with E-state index in [2.05, 4.69) is 0 Å². The molecule has 3 heteroatoms. The Morgan fingerprint density at radius 3 is 2.73 bits per heavy atom. The van der Waals surface area contributed by atoms with Gasteiger partial charge in [-0.3, -0.25) is 0 Å². The third kappa shape index (κ3) is 1.94. The Bertz CT molecular complexity index is 250. The highest BCUT2D eigenvalue weighted by atomic mass is 32.2. The molecule has 0 heterocycles. The lowest BCUT2D eigenvalue weighted by atomic mass is 10.2. The Morgan fingerprint density at radius 2 is 2.27 bits per heavy atom. The van der Waals surface area contributed by atoms with Gasteiger partial charge < -0.3 is 5.11 Å². The van der Waals surface area contributed by atoms with Crippen molar-refractivity contribution in [1.82, 2.24) is 0 Å². The van der Waals surface area contributed by atoms with Crippen LogP contribution in [0.1, 0.15) is 5.56 Å². The van der Waals surface area contributed by atoms with Gasteiger partial charge in [-0.25, -0.2) is 4.39 Å². The highest BCUT2D eigenvalue weighted by Crippen LogP contribution is 2.19. The summed E-state index contributed by atoms with van der Waals surface area (Å²) in [6, 6.07) is 4.60. The summed E-state index contributed by atoms with van der Waals surface area (Å²) >= 11 is 1.34. The first-order valence-electron chi connectivity index (χ1n) is 3.09. The molecule has 59 valence electrons. The fraction of sp³-hybridized carbons (Fsp3) is 0.125. The maximum Gasteiger partial charge on any atom is 0.137 e. The maximum absolute atomic E-state index is 12.9. The largest absolute Gasteiger partial charge is 0.385 e. The summed E-state index contributed by atoms with van der Waals surface area (Å²) in [6.07, 6.45) is 1.81. The van der Waals surface area contributed by atoms with Crippen molar-refractivity contribution in [2.24, 2.45) is 0 Å². The van der Waals surface area contributed by atoms with E-state index >= 15 is 0 Å². The summed E-state index contributed by atoms with van der Waals surface area (Å²) in [5.74, 6) is -0.291. The molecule has 0 aliphatic heterocycles. The zero-order chi connectivity index (χ0) is 8.27. The van der Waals surface area contributed by atoms with Gasteiger partial charge in [0.2, 0.25) is 0 Å². The minimum absolute atomic E-state index is 0.291. The molecule has 0 amide bonds. The molecular formula is C8H8FOS. The molecular weight excluding hydrogens is 163 g/mol. The van der Waals surface area contributed by atoms with E-state index in [1.54, 1.807) is 18.4 Å². The van der Waals surface area contributed by atoms with E-state index in [9.17, 15) is 4.39 Å². The monoisotopic (exact) mass is 171 g/mol. The second kappa shape index (κ2) is 3.74. The molecule has 0 aromatic heterocycles. The van der Waals surface area contributed by atoms with Crippen LogP contribution < -0.4 is 0 Å². The number of aliphatic hydroxyl groups excluding tert-OH is 1. The minimum Gasteiger partial charge on any atom is -0.385 e. The molecule has 1 aromatic rings. The molecule has 1 N–H and O–H groups in total. The third-order valence-corrected chi connectivity index (χ3v) is 2.10. The molecule has 0 fully saturated rings. The van der Waals surface area contributed by atoms with E-state index in [1.807, 2.05) is 0 Å². The highest BCUT2D eigenvalue weighted by Gasteiger charge is 2.00. The van der Waals surface area contributed by atoms with E-state index < -0.39 is 0 Å². The van der Waals surface area contributed by atoms with Gasteiger partial charge >= 0.3 is 0 Å². The highest BCUT2D eigenvalue weighted by molar-refractivity contribution is 7.98. The average Bonchev–Trinajstić information content (AvgIpc) is 2.04. The Balaban J connectivity index is 2.99. The van der Waals surface area contributed by atoms with Crippen molar-refractivity contribution in [1.29, 1.82) is 0 Å².